The van der Waals surface area contributed by atoms with Crippen molar-refractivity contribution >= 4 is 33.5 Å². The molecule has 0 amide bonds. The van der Waals surface area contributed by atoms with E-state index in [0.717, 1.165) is 6.42 Å². The van der Waals surface area contributed by atoms with E-state index >= 15 is 0 Å². The molecule has 0 spiro atoms. The Kier molecular flexibility index (Phi) is 4.33. The molecule has 2 N–H and O–H groups in total. The molecule has 0 radical (unpaired) electrons. The molecule has 0 aliphatic rings. The van der Waals surface area contributed by atoms with Crippen LogP contribution in [0.5, 0.6) is 0 Å². The Morgan fingerprint density at radius 3 is 2.95 bits per heavy atom. The smallest absolute Gasteiger partial charge is 0.271 e. The van der Waals surface area contributed by atoms with Gasteiger partial charge in [-0.1, -0.05) is 6.92 Å². The number of aromatic amines is 1. The second kappa shape index (κ2) is 6.00. The molecular formula is C12H16N4O3S. The lowest BCUT2D eigenvalue weighted by Crippen LogP contribution is -2.15. The number of rotatable bonds is 6. The molecule has 0 aliphatic heterocycles. The lowest BCUT2D eigenvalue weighted by Gasteiger charge is -2.07. The number of nitro groups is 1. The summed E-state index contributed by atoms with van der Waals surface area (Å²) in [6, 6.07) is 4.49. The number of nitrogens with one attached hydrogen (secondary N) is 2. The van der Waals surface area contributed by atoms with Gasteiger partial charge in [-0.15, -0.1) is 0 Å². The fraction of sp³-hybridized carbons (Fsp3) is 0.417. The van der Waals surface area contributed by atoms with Crippen molar-refractivity contribution in [1.82, 2.24) is 9.97 Å². The highest BCUT2D eigenvalue weighted by molar-refractivity contribution is 7.84. The fourth-order valence-corrected chi connectivity index (χ4v) is 2.20. The largest absolute Gasteiger partial charge is 0.356 e. The summed E-state index contributed by atoms with van der Waals surface area (Å²) in [6.07, 6.45) is 2.45. The van der Waals surface area contributed by atoms with E-state index in [-0.39, 0.29) is 10.9 Å². The van der Waals surface area contributed by atoms with Gasteiger partial charge in [-0.25, -0.2) is 4.98 Å². The zero-order valence-corrected chi connectivity index (χ0v) is 12.1. The van der Waals surface area contributed by atoms with E-state index in [1.54, 1.807) is 12.3 Å². The minimum absolute atomic E-state index is 0.0303. The molecule has 20 heavy (non-hydrogen) atoms. The maximum atomic E-state index is 11.2. The van der Waals surface area contributed by atoms with Crippen LogP contribution >= 0.6 is 0 Å². The number of nitro benzene ring substituents is 1. The lowest BCUT2D eigenvalue weighted by molar-refractivity contribution is -0.384. The Bertz CT molecular complexity index is 655. The third kappa shape index (κ3) is 3.32. The van der Waals surface area contributed by atoms with Crippen molar-refractivity contribution < 1.29 is 9.13 Å². The topological polar surface area (TPSA) is 101 Å². The van der Waals surface area contributed by atoms with Crippen molar-refractivity contribution in [3.05, 3.63) is 28.3 Å². The minimum Gasteiger partial charge on any atom is -0.356 e. The van der Waals surface area contributed by atoms with Crippen molar-refractivity contribution in [2.75, 3.05) is 18.1 Å². The number of non-ortho nitro benzene ring substituents is 1. The van der Waals surface area contributed by atoms with E-state index in [4.69, 9.17) is 0 Å². The summed E-state index contributed by atoms with van der Waals surface area (Å²) in [4.78, 5) is 17.5. The van der Waals surface area contributed by atoms with E-state index in [1.165, 1.54) is 12.1 Å². The Morgan fingerprint density at radius 1 is 1.55 bits per heavy atom. The Hall–Kier alpha value is -1.96. The number of hydrogen-bond donors (Lipinski definition) is 2. The van der Waals surface area contributed by atoms with Gasteiger partial charge < -0.3 is 10.3 Å². The van der Waals surface area contributed by atoms with Crippen LogP contribution < -0.4 is 5.32 Å². The van der Waals surface area contributed by atoms with Crippen LogP contribution in [0.15, 0.2) is 18.2 Å². The normalized spacial score (nSPS) is 14.1. The number of fused-ring (bicyclic) bond motifs is 1. The van der Waals surface area contributed by atoms with Crippen molar-refractivity contribution in [3.63, 3.8) is 0 Å². The molecule has 2 atom stereocenters. The SMILES string of the molecule is CC(CCNc1nc2ccc([N+](=O)[O-])cc2[nH]1)S(C)=O. The van der Waals surface area contributed by atoms with Crippen LogP contribution in [0.3, 0.4) is 0 Å². The predicted molar refractivity (Wildman–Crippen MR) is 79.4 cm³/mol. The molecule has 0 fully saturated rings. The number of nitrogens with zero attached hydrogens (tertiary/aromatic N) is 2. The van der Waals surface area contributed by atoms with Gasteiger partial charge >= 0.3 is 0 Å². The molecule has 1 heterocycles. The summed E-state index contributed by atoms with van der Waals surface area (Å²) in [7, 11) is -0.837. The van der Waals surface area contributed by atoms with Gasteiger partial charge in [0.1, 0.15) is 0 Å². The zero-order chi connectivity index (χ0) is 14.7. The van der Waals surface area contributed by atoms with Gasteiger partial charge in [0, 0.05) is 41.0 Å². The van der Waals surface area contributed by atoms with E-state index < -0.39 is 15.7 Å². The van der Waals surface area contributed by atoms with Crippen LogP contribution in [0.2, 0.25) is 0 Å². The molecule has 8 heteroatoms. The molecule has 0 saturated heterocycles. The summed E-state index contributed by atoms with van der Waals surface area (Å²) >= 11 is 0. The molecular weight excluding hydrogens is 280 g/mol. The van der Waals surface area contributed by atoms with Crippen LogP contribution in [0.4, 0.5) is 11.6 Å². The highest BCUT2D eigenvalue weighted by Gasteiger charge is 2.10. The molecule has 1 aromatic heterocycles. The van der Waals surface area contributed by atoms with Crippen molar-refractivity contribution in [2.45, 2.75) is 18.6 Å². The average Bonchev–Trinajstić information content (AvgIpc) is 2.79. The summed E-state index contributed by atoms with van der Waals surface area (Å²) in [5, 5.41) is 13.9. The Morgan fingerprint density at radius 2 is 2.30 bits per heavy atom. The van der Waals surface area contributed by atoms with E-state index in [0.29, 0.717) is 23.5 Å². The van der Waals surface area contributed by atoms with Crippen molar-refractivity contribution in [3.8, 4) is 0 Å². The number of anilines is 1. The molecule has 0 saturated carbocycles. The molecule has 108 valence electrons. The quantitative estimate of drug-likeness (QED) is 0.627. The standard InChI is InChI=1S/C12H16N4O3S/c1-8(20(2)19)5-6-13-12-14-10-4-3-9(16(17)18)7-11(10)15-12/h3-4,7-8H,5-6H2,1-2H3,(H2,13,14,15). The van der Waals surface area contributed by atoms with E-state index in [1.807, 2.05) is 6.92 Å². The van der Waals surface area contributed by atoms with Gasteiger partial charge in [0.15, 0.2) is 0 Å². The first-order valence-corrected chi connectivity index (χ1v) is 7.80. The monoisotopic (exact) mass is 296 g/mol. The lowest BCUT2D eigenvalue weighted by atomic mass is 10.3. The maximum Gasteiger partial charge on any atom is 0.271 e. The van der Waals surface area contributed by atoms with Gasteiger partial charge in [0.2, 0.25) is 5.95 Å². The molecule has 2 rings (SSSR count). The third-order valence-electron chi connectivity index (χ3n) is 3.09. The number of hydrogen-bond acceptors (Lipinski definition) is 5. The second-order valence-corrected chi connectivity index (χ2v) is 6.37. The molecule has 0 bridgehead atoms. The molecule has 0 aliphatic carbocycles. The Labute approximate surface area is 118 Å². The second-order valence-electron chi connectivity index (χ2n) is 4.57. The van der Waals surface area contributed by atoms with Gasteiger partial charge in [0.25, 0.3) is 5.69 Å². The van der Waals surface area contributed by atoms with Crippen LogP contribution in [0.1, 0.15) is 13.3 Å². The molecule has 1 aromatic carbocycles. The Balaban J connectivity index is 2.04. The fourth-order valence-electron chi connectivity index (χ4n) is 1.75. The van der Waals surface area contributed by atoms with E-state index in [9.17, 15) is 14.3 Å². The van der Waals surface area contributed by atoms with Crippen LogP contribution in [0.25, 0.3) is 11.0 Å². The van der Waals surface area contributed by atoms with Gasteiger partial charge in [-0.3, -0.25) is 14.3 Å². The predicted octanol–water partition coefficient (Wildman–Crippen LogP) is 2.04. The third-order valence-corrected chi connectivity index (χ3v) is 4.46. The summed E-state index contributed by atoms with van der Waals surface area (Å²) in [5.74, 6) is 0.564. The highest BCUT2D eigenvalue weighted by atomic mass is 32.2. The summed E-state index contributed by atoms with van der Waals surface area (Å²) < 4.78 is 11.2. The first-order chi connectivity index (χ1) is 9.47. The first kappa shape index (κ1) is 14.4. The van der Waals surface area contributed by atoms with Gasteiger partial charge in [-0.05, 0) is 12.5 Å². The van der Waals surface area contributed by atoms with Gasteiger partial charge in [-0.2, -0.15) is 0 Å². The average molecular weight is 296 g/mol. The van der Waals surface area contributed by atoms with Crippen molar-refractivity contribution in [1.29, 1.82) is 0 Å². The summed E-state index contributed by atoms with van der Waals surface area (Å²) in [5.41, 5.74) is 1.32. The number of imidazole rings is 1. The van der Waals surface area contributed by atoms with Crippen molar-refractivity contribution in [2.24, 2.45) is 0 Å². The van der Waals surface area contributed by atoms with Crippen LogP contribution in [0, 0.1) is 10.1 Å². The number of benzene rings is 1. The number of H-pyrrole nitrogens is 1. The highest BCUT2D eigenvalue weighted by Crippen LogP contribution is 2.20. The number of aromatic nitrogens is 2. The zero-order valence-electron chi connectivity index (χ0n) is 11.3. The maximum absolute atomic E-state index is 11.2. The van der Waals surface area contributed by atoms with E-state index in [2.05, 4.69) is 15.3 Å². The molecule has 2 unspecified atom stereocenters. The molecule has 2 aromatic rings. The first-order valence-electron chi connectivity index (χ1n) is 6.17. The van der Waals surface area contributed by atoms with Crippen LogP contribution in [-0.2, 0) is 10.8 Å². The summed E-state index contributed by atoms with van der Waals surface area (Å²) in [6.45, 7) is 2.57. The van der Waals surface area contributed by atoms with Gasteiger partial charge in [0.05, 0.1) is 16.0 Å². The van der Waals surface area contributed by atoms with Crippen LogP contribution in [-0.4, -0.2) is 37.2 Å². The minimum atomic E-state index is -0.837. The molecule has 7 nitrogen and oxygen atoms in total.